The number of aromatic nitrogens is 2. The van der Waals surface area contributed by atoms with Crippen LogP contribution in [0.1, 0.15) is 30.9 Å². The van der Waals surface area contributed by atoms with Crippen molar-refractivity contribution in [2.24, 2.45) is 4.99 Å². The lowest BCUT2D eigenvalue weighted by Gasteiger charge is -2.07. The van der Waals surface area contributed by atoms with E-state index in [1.807, 2.05) is 54.7 Å². The number of hydrogen-bond donors (Lipinski definition) is 0. The van der Waals surface area contributed by atoms with E-state index >= 15 is 0 Å². The molecule has 3 aromatic carbocycles. The molecule has 4 nitrogen and oxygen atoms in total. The molecule has 0 spiro atoms. The molecule has 0 bridgehead atoms. The van der Waals surface area contributed by atoms with Crippen LogP contribution in [0.15, 0.2) is 83.9 Å². The maximum absolute atomic E-state index is 5.73. The standard InChI is InChI=1S/C25H25N3O/c1-2-3-17-29-22-15-13-20(14-16-22)18-26-25-27-23-11-7-8-12-24(23)28(25)19-21-9-5-4-6-10-21/h4-16,18H,2-3,17,19H2,1H3. The molecule has 1 heterocycles. The van der Waals surface area contributed by atoms with E-state index in [4.69, 9.17) is 14.7 Å². The van der Waals surface area contributed by atoms with E-state index < -0.39 is 0 Å². The van der Waals surface area contributed by atoms with Gasteiger partial charge in [-0.1, -0.05) is 55.8 Å². The Labute approximate surface area is 171 Å². The average molecular weight is 383 g/mol. The maximum atomic E-state index is 5.73. The summed E-state index contributed by atoms with van der Waals surface area (Å²) in [5.74, 6) is 1.60. The van der Waals surface area contributed by atoms with Crippen molar-refractivity contribution in [1.82, 2.24) is 9.55 Å². The molecule has 0 amide bonds. The highest BCUT2D eigenvalue weighted by Gasteiger charge is 2.09. The Morgan fingerprint density at radius 1 is 0.931 bits per heavy atom. The van der Waals surface area contributed by atoms with Gasteiger partial charge >= 0.3 is 0 Å². The predicted molar refractivity (Wildman–Crippen MR) is 119 cm³/mol. The first-order valence-corrected chi connectivity index (χ1v) is 10.1. The lowest BCUT2D eigenvalue weighted by Crippen LogP contribution is -1.99. The molecule has 4 rings (SSSR count). The van der Waals surface area contributed by atoms with Crippen LogP contribution in [0.4, 0.5) is 5.95 Å². The molecular weight excluding hydrogens is 358 g/mol. The second kappa shape index (κ2) is 9.20. The molecule has 4 aromatic rings. The van der Waals surface area contributed by atoms with Crippen molar-refractivity contribution in [2.45, 2.75) is 26.3 Å². The number of aliphatic imine (C=N–C) groups is 1. The third-order valence-electron chi connectivity index (χ3n) is 4.79. The van der Waals surface area contributed by atoms with Gasteiger partial charge in [0.25, 0.3) is 0 Å². The Morgan fingerprint density at radius 3 is 2.48 bits per heavy atom. The number of para-hydroxylation sites is 2. The Bertz CT molecular complexity index is 1080. The number of ether oxygens (including phenoxy) is 1. The van der Waals surface area contributed by atoms with Gasteiger partial charge in [-0.25, -0.2) is 9.98 Å². The molecule has 146 valence electrons. The van der Waals surface area contributed by atoms with Crippen molar-refractivity contribution < 1.29 is 4.74 Å². The zero-order chi connectivity index (χ0) is 19.9. The van der Waals surface area contributed by atoms with Gasteiger partial charge in [0, 0.05) is 6.21 Å². The van der Waals surface area contributed by atoms with E-state index in [2.05, 4.69) is 41.8 Å². The van der Waals surface area contributed by atoms with E-state index in [1.165, 1.54) is 5.56 Å². The third kappa shape index (κ3) is 4.72. The van der Waals surface area contributed by atoms with E-state index in [0.717, 1.165) is 48.3 Å². The summed E-state index contributed by atoms with van der Waals surface area (Å²) >= 11 is 0. The molecule has 0 N–H and O–H groups in total. The van der Waals surface area contributed by atoms with Gasteiger partial charge in [-0.05, 0) is 53.9 Å². The Balaban J connectivity index is 1.58. The predicted octanol–water partition coefficient (Wildman–Crippen LogP) is 6.01. The maximum Gasteiger partial charge on any atom is 0.230 e. The van der Waals surface area contributed by atoms with Crippen molar-refractivity contribution >= 4 is 23.2 Å². The van der Waals surface area contributed by atoms with Crippen LogP contribution in [0.3, 0.4) is 0 Å². The van der Waals surface area contributed by atoms with Crippen molar-refractivity contribution in [2.75, 3.05) is 6.61 Å². The number of fused-ring (bicyclic) bond motifs is 1. The summed E-state index contributed by atoms with van der Waals surface area (Å²) in [5, 5.41) is 0. The SMILES string of the molecule is CCCCOc1ccc(C=Nc2nc3ccccc3n2Cc2ccccc2)cc1. The summed E-state index contributed by atoms with van der Waals surface area (Å²) in [5.41, 5.74) is 4.28. The van der Waals surface area contributed by atoms with Gasteiger partial charge in [0.05, 0.1) is 24.2 Å². The molecule has 0 unspecified atom stereocenters. The summed E-state index contributed by atoms with van der Waals surface area (Å²) in [7, 11) is 0. The number of rotatable bonds is 8. The highest BCUT2D eigenvalue weighted by atomic mass is 16.5. The molecule has 0 radical (unpaired) electrons. The van der Waals surface area contributed by atoms with E-state index in [9.17, 15) is 0 Å². The fraction of sp³-hybridized carbons (Fsp3) is 0.200. The molecule has 0 fully saturated rings. The van der Waals surface area contributed by atoms with Crippen LogP contribution in [-0.4, -0.2) is 22.4 Å². The van der Waals surface area contributed by atoms with Crippen LogP contribution in [0.5, 0.6) is 5.75 Å². The average Bonchev–Trinajstić information content (AvgIpc) is 3.11. The summed E-state index contributed by atoms with van der Waals surface area (Å²) in [6.45, 7) is 3.65. The van der Waals surface area contributed by atoms with Crippen LogP contribution in [0.25, 0.3) is 11.0 Å². The number of hydrogen-bond acceptors (Lipinski definition) is 3. The first-order valence-electron chi connectivity index (χ1n) is 10.1. The van der Waals surface area contributed by atoms with Gasteiger partial charge in [-0.15, -0.1) is 0 Å². The van der Waals surface area contributed by atoms with Gasteiger partial charge in [0.15, 0.2) is 0 Å². The van der Waals surface area contributed by atoms with Gasteiger partial charge in [-0.2, -0.15) is 0 Å². The number of unbranched alkanes of at least 4 members (excludes halogenated alkanes) is 1. The Kier molecular flexibility index (Phi) is 6.01. The minimum absolute atomic E-state index is 0.707. The fourth-order valence-electron chi connectivity index (χ4n) is 3.20. The van der Waals surface area contributed by atoms with Crippen LogP contribution in [-0.2, 0) is 6.54 Å². The molecule has 0 aliphatic carbocycles. The lowest BCUT2D eigenvalue weighted by atomic mass is 10.2. The Morgan fingerprint density at radius 2 is 1.69 bits per heavy atom. The molecule has 4 heteroatoms. The molecule has 0 aliphatic heterocycles. The fourth-order valence-corrected chi connectivity index (χ4v) is 3.20. The molecule has 29 heavy (non-hydrogen) atoms. The van der Waals surface area contributed by atoms with Crippen LogP contribution < -0.4 is 4.74 Å². The molecule has 0 aliphatic rings. The number of imidazole rings is 1. The molecular formula is C25H25N3O. The van der Waals surface area contributed by atoms with Crippen LogP contribution in [0.2, 0.25) is 0 Å². The smallest absolute Gasteiger partial charge is 0.230 e. The highest BCUT2D eigenvalue weighted by molar-refractivity contribution is 5.84. The van der Waals surface area contributed by atoms with Crippen LogP contribution >= 0.6 is 0 Å². The van der Waals surface area contributed by atoms with Crippen molar-refractivity contribution in [3.63, 3.8) is 0 Å². The molecule has 0 atom stereocenters. The van der Waals surface area contributed by atoms with E-state index in [-0.39, 0.29) is 0 Å². The van der Waals surface area contributed by atoms with E-state index in [0.29, 0.717) is 5.95 Å². The second-order valence-electron chi connectivity index (χ2n) is 7.00. The van der Waals surface area contributed by atoms with Gasteiger partial charge in [0.2, 0.25) is 5.95 Å². The van der Waals surface area contributed by atoms with Gasteiger partial charge in [0.1, 0.15) is 5.75 Å². The Hall–Kier alpha value is -3.40. The van der Waals surface area contributed by atoms with Gasteiger partial charge in [-0.3, -0.25) is 0 Å². The summed E-state index contributed by atoms with van der Waals surface area (Å²) in [4.78, 5) is 9.43. The quantitative estimate of drug-likeness (QED) is 0.276. The highest BCUT2D eigenvalue weighted by Crippen LogP contribution is 2.23. The number of benzene rings is 3. The van der Waals surface area contributed by atoms with E-state index in [1.54, 1.807) is 0 Å². The lowest BCUT2D eigenvalue weighted by molar-refractivity contribution is 0.309. The van der Waals surface area contributed by atoms with Crippen molar-refractivity contribution in [1.29, 1.82) is 0 Å². The topological polar surface area (TPSA) is 39.4 Å². The van der Waals surface area contributed by atoms with Gasteiger partial charge < -0.3 is 9.30 Å². The largest absolute Gasteiger partial charge is 0.494 e. The minimum Gasteiger partial charge on any atom is -0.494 e. The zero-order valence-electron chi connectivity index (χ0n) is 16.7. The first-order chi connectivity index (χ1) is 14.3. The molecule has 0 saturated heterocycles. The third-order valence-corrected chi connectivity index (χ3v) is 4.79. The normalized spacial score (nSPS) is 11.3. The molecule has 1 aromatic heterocycles. The summed E-state index contributed by atoms with van der Waals surface area (Å²) in [6.07, 6.45) is 4.06. The summed E-state index contributed by atoms with van der Waals surface area (Å²) in [6, 6.07) is 26.6. The zero-order valence-corrected chi connectivity index (χ0v) is 16.7. The number of nitrogens with zero attached hydrogens (tertiary/aromatic N) is 3. The summed E-state index contributed by atoms with van der Waals surface area (Å²) < 4.78 is 7.88. The monoisotopic (exact) mass is 383 g/mol. The second-order valence-corrected chi connectivity index (χ2v) is 7.00. The van der Waals surface area contributed by atoms with Crippen molar-refractivity contribution in [3.8, 4) is 5.75 Å². The minimum atomic E-state index is 0.707. The van der Waals surface area contributed by atoms with Crippen LogP contribution in [0, 0.1) is 0 Å². The first kappa shape index (κ1) is 18.9. The molecule has 0 saturated carbocycles. The van der Waals surface area contributed by atoms with Crippen molar-refractivity contribution in [3.05, 3.63) is 90.0 Å².